The molecule has 1 aromatic heterocycles. The van der Waals surface area contributed by atoms with Crippen LogP contribution < -0.4 is 0 Å². The lowest BCUT2D eigenvalue weighted by Gasteiger charge is -1.81. The maximum Gasteiger partial charge on any atom is 0.133 e. The normalized spacial score (nSPS) is 9.47. The Hall–Kier alpha value is -1.57. The third kappa shape index (κ3) is 3.58. The predicted molar refractivity (Wildman–Crippen MR) is 61.8 cm³/mol. The smallest absolute Gasteiger partial charge is 0.133 e. The molecule has 0 aliphatic carbocycles. The summed E-state index contributed by atoms with van der Waals surface area (Å²) in [6, 6.07) is 9.90. The number of para-hydroxylation sites is 1. The number of hydrogen-bond donors (Lipinski definition) is 0. The van der Waals surface area contributed by atoms with Crippen LogP contribution in [-0.4, -0.2) is 5.78 Å². The highest BCUT2D eigenvalue weighted by Gasteiger charge is 1.89. The van der Waals surface area contributed by atoms with Crippen molar-refractivity contribution in [3.05, 3.63) is 36.6 Å². The van der Waals surface area contributed by atoms with Crippen molar-refractivity contribution < 1.29 is 9.21 Å². The molecule has 0 fully saturated rings. The summed E-state index contributed by atoms with van der Waals surface area (Å²) in [4.78, 5) is 10.2. The van der Waals surface area contributed by atoms with Crippen molar-refractivity contribution in [3.63, 3.8) is 0 Å². The zero-order valence-electron chi connectivity index (χ0n) is 9.19. The molecule has 80 valence electrons. The first kappa shape index (κ1) is 11.5. The lowest BCUT2D eigenvalue weighted by atomic mass is 10.3. The second-order valence-corrected chi connectivity index (χ2v) is 3.20. The minimum Gasteiger partial charge on any atom is -0.464 e. The first-order valence-electron chi connectivity index (χ1n) is 5.21. The van der Waals surface area contributed by atoms with Crippen molar-refractivity contribution in [1.29, 1.82) is 0 Å². The molecule has 0 saturated heterocycles. The summed E-state index contributed by atoms with van der Waals surface area (Å²) in [5.41, 5.74) is 0.956. The van der Waals surface area contributed by atoms with Gasteiger partial charge in [-0.3, -0.25) is 4.79 Å². The van der Waals surface area contributed by atoms with E-state index in [2.05, 4.69) is 0 Å². The van der Waals surface area contributed by atoms with Crippen molar-refractivity contribution in [3.8, 4) is 0 Å². The number of fused-ring (bicyclic) bond motifs is 1. The number of benzene rings is 1. The average Bonchev–Trinajstić information content (AvgIpc) is 2.76. The van der Waals surface area contributed by atoms with E-state index < -0.39 is 0 Å². The van der Waals surface area contributed by atoms with E-state index in [1.807, 2.05) is 44.2 Å². The van der Waals surface area contributed by atoms with Crippen LogP contribution in [0.2, 0.25) is 0 Å². The number of carbonyl (C=O) groups is 1. The van der Waals surface area contributed by atoms with Gasteiger partial charge in [0.25, 0.3) is 0 Å². The molecule has 2 nitrogen and oxygen atoms in total. The van der Waals surface area contributed by atoms with Crippen LogP contribution in [0.25, 0.3) is 11.0 Å². The summed E-state index contributed by atoms with van der Waals surface area (Å²) >= 11 is 0. The predicted octanol–water partition coefficient (Wildman–Crippen LogP) is 3.81. The molecule has 0 radical (unpaired) electrons. The standard InChI is InChI=1S/C8H6O.C5H10O/c1-2-4-8-7(3-1)5-6-9-8;1-3-5(6)4-2/h1-6H;3-4H2,1-2H3. The SMILES string of the molecule is CCC(=O)CC.c1ccc2occc2c1. The summed E-state index contributed by atoms with van der Waals surface area (Å²) in [5, 5.41) is 1.16. The number of hydrogen-bond acceptors (Lipinski definition) is 2. The van der Waals surface area contributed by atoms with Crippen LogP contribution in [0.5, 0.6) is 0 Å². The topological polar surface area (TPSA) is 30.2 Å². The van der Waals surface area contributed by atoms with Crippen LogP contribution in [-0.2, 0) is 4.79 Å². The molecule has 2 heteroatoms. The quantitative estimate of drug-likeness (QED) is 0.744. The van der Waals surface area contributed by atoms with E-state index in [1.54, 1.807) is 6.26 Å². The fourth-order valence-electron chi connectivity index (χ4n) is 1.16. The summed E-state index contributed by atoms with van der Waals surface area (Å²) in [7, 11) is 0. The highest BCUT2D eigenvalue weighted by Crippen LogP contribution is 2.12. The van der Waals surface area contributed by atoms with Crippen LogP contribution in [0.15, 0.2) is 41.0 Å². The van der Waals surface area contributed by atoms with Crippen LogP contribution in [0.1, 0.15) is 26.7 Å². The molecule has 0 aliphatic rings. The van der Waals surface area contributed by atoms with Gasteiger partial charge in [0.15, 0.2) is 0 Å². The number of Topliss-reactive ketones (excluding diaryl/α,β-unsaturated/α-hetero) is 1. The van der Waals surface area contributed by atoms with E-state index in [-0.39, 0.29) is 0 Å². The molecular formula is C13H16O2. The van der Waals surface area contributed by atoms with E-state index in [1.165, 1.54) is 0 Å². The molecule has 2 aromatic rings. The zero-order chi connectivity index (χ0) is 11.1. The Kier molecular flexibility index (Phi) is 4.61. The number of rotatable bonds is 2. The van der Waals surface area contributed by atoms with Gasteiger partial charge in [-0.25, -0.2) is 0 Å². The van der Waals surface area contributed by atoms with Crippen LogP contribution >= 0.6 is 0 Å². The largest absolute Gasteiger partial charge is 0.464 e. The van der Waals surface area contributed by atoms with E-state index in [4.69, 9.17) is 4.42 Å². The lowest BCUT2D eigenvalue weighted by molar-refractivity contribution is -0.118. The summed E-state index contributed by atoms with van der Waals surface area (Å²) in [6.07, 6.45) is 3.08. The van der Waals surface area contributed by atoms with Gasteiger partial charge in [-0.2, -0.15) is 0 Å². The Morgan fingerprint density at radius 2 is 1.80 bits per heavy atom. The maximum atomic E-state index is 10.2. The number of carbonyl (C=O) groups excluding carboxylic acids is 1. The average molecular weight is 204 g/mol. The van der Waals surface area contributed by atoms with Crippen LogP contribution in [0.3, 0.4) is 0 Å². The molecule has 0 N–H and O–H groups in total. The van der Waals surface area contributed by atoms with Crippen LogP contribution in [0, 0.1) is 0 Å². The van der Waals surface area contributed by atoms with Gasteiger partial charge in [-0.05, 0) is 12.1 Å². The van der Waals surface area contributed by atoms with Gasteiger partial charge in [0.2, 0.25) is 0 Å². The van der Waals surface area contributed by atoms with Crippen molar-refractivity contribution in [2.45, 2.75) is 26.7 Å². The second kappa shape index (κ2) is 6.02. The minimum absolute atomic E-state index is 0.343. The minimum atomic E-state index is 0.343. The Labute approximate surface area is 89.9 Å². The Bertz CT molecular complexity index is 379. The molecule has 0 saturated carbocycles. The van der Waals surface area contributed by atoms with E-state index in [0.717, 1.165) is 11.0 Å². The van der Waals surface area contributed by atoms with Gasteiger partial charge in [0, 0.05) is 18.2 Å². The van der Waals surface area contributed by atoms with E-state index in [9.17, 15) is 4.79 Å². The van der Waals surface area contributed by atoms with Crippen LogP contribution in [0.4, 0.5) is 0 Å². The summed E-state index contributed by atoms with van der Waals surface area (Å²) in [5.74, 6) is 0.343. The second-order valence-electron chi connectivity index (χ2n) is 3.20. The van der Waals surface area contributed by atoms with Crippen molar-refractivity contribution in [2.24, 2.45) is 0 Å². The molecular weight excluding hydrogens is 188 g/mol. The van der Waals surface area contributed by atoms with Crippen molar-refractivity contribution >= 4 is 16.8 Å². The molecule has 15 heavy (non-hydrogen) atoms. The fourth-order valence-corrected chi connectivity index (χ4v) is 1.16. The Morgan fingerprint density at radius 1 is 1.13 bits per heavy atom. The molecule has 1 aromatic carbocycles. The number of ketones is 1. The molecule has 0 bridgehead atoms. The van der Waals surface area contributed by atoms with Crippen molar-refractivity contribution in [2.75, 3.05) is 0 Å². The molecule has 0 aliphatic heterocycles. The molecule has 0 unspecified atom stereocenters. The van der Waals surface area contributed by atoms with Gasteiger partial charge < -0.3 is 4.42 Å². The molecule has 2 rings (SSSR count). The first-order chi connectivity index (χ1) is 7.27. The molecule has 0 atom stereocenters. The van der Waals surface area contributed by atoms with Gasteiger partial charge in [-0.1, -0.05) is 32.0 Å². The summed E-state index contributed by atoms with van der Waals surface area (Å²) < 4.78 is 5.12. The number of furan rings is 1. The first-order valence-corrected chi connectivity index (χ1v) is 5.21. The highest BCUT2D eigenvalue weighted by molar-refractivity contribution is 5.77. The van der Waals surface area contributed by atoms with E-state index in [0.29, 0.717) is 18.6 Å². The Morgan fingerprint density at radius 3 is 2.33 bits per heavy atom. The molecule has 1 heterocycles. The highest BCUT2D eigenvalue weighted by atomic mass is 16.3. The zero-order valence-corrected chi connectivity index (χ0v) is 9.19. The van der Waals surface area contributed by atoms with Gasteiger partial charge >= 0.3 is 0 Å². The van der Waals surface area contributed by atoms with Gasteiger partial charge in [0.05, 0.1) is 6.26 Å². The third-order valence-corrected chi connectivity index (χ3v) is 2.15. The monoisotopic (exact) mass is 204 g/mol. The third-order valence-electron chi connectivity index (χ3n) is 2.15. The van der Waals surface area contributed by atoms with Gasteiger partial charge in [-0.15, -0.1) is 0 Å². The Balaban J connectivity index is 0.000000167. The maximum absolute atomic E-state index is 10.2. The summed E-state index contributed by atoms with van der Waals surface area (Å²) in [6.45, 7) is 3.76. The van der Waals surface area contributed by atoms with Gasteiger partial charge in [0.1, 0.15) is 11.4 Å². The lowest BCUT2D eigenvalue weighted by Crippen LogP contribution is -1.88. The van der Waals surface area contributed by atoms with Crippen molar-refractivity contribution in [1.82, 2.24) is 0 Å². The molecule has 0 spiro atoms. The fraction of sp³-hybridized carbons (Fsp3) is 0.308. The molecule has 0 amide bonds. The van der Waals surface area contributed by atoms with E-state index >= 15 is 0 Å².